The Hall–Kier alpha value is -0.860. The van der Waals surface area contributed by atoms with Gasteiger partial charge in [-0.1, -0.05) is 25.7 Å². The number of rotatable bonds is 2. The lowest BCUT2D eigenvalue weighted by molar-refractivity contribution is -0.122. The third-order valence-corrected chi connectivity index (χ3v) is 7.73. The SMILES string of the molecule is O=C(NN=C1C2CC3CC(C2)CC1C3)C1C2CCCCCCC21. The van der Waals surface area contributed by atoms with Gasteiger partial charge in [0.1, 0.15) is 0 Å². The van der Waals surface area contributed by atoms with Crippen molar-refractivity contribution in [2.45, 2.75) is 70.6 Å². The molecule has 6 saturated carbocycles. The van der Waals surface area contributed by atoms with E-state index in [0.717, 1.165) is 11.8 Å². The van der Waals surface area contributed by atoms with Gasteiger partial charge in [-0.25, -0.2) is 5.43 Å². The van der Waals surface area contributed by atoms with Crippen molar-refractivity contribution in [3.05, 3.63) is 0 Å². The van der Waals surface area contributed by atoms with Crippen LogP contribution >= 0.6 is 0 Å². The Bertz CT molecular complexity index is 482. The number of carbonyl (C=O) groups is 1. The summed E-state index contributed by atoms with van der Waals surface area (Å²) in [6.45, 7) is 0. The Balaban J connectivity index is 1.23. The molecule has 1 amide bonds. The average molecular weight is 314 g/mol. The van der Waals surface area contributed by atoms with Gasteiger partial charge < -0.3 is 0 Å². The number of hydrazone groups is 1. The number of hydrogen-bond acceptors (Lipinski definition) is 2. The monoisotopic (exact) mass is 314 g/mol. The zero-order valence-electron chi connectivity index (χ0n) is 14.2. The lowest BCUT2D eigenvalue weighted by Crippen LogP contribution is -2.46. The predicted molar refractivity (Wildman–Crippen MR) is 90.8 cm³/mol. The Kier molecular flexibility index (Phi) is 3.52. The van der Waals surface area contributed by atoms with Crippen LogP contribution in [0.5, 0.6) is 0 Å². The van der Waals surface area contributed by atoms with Gasteiger partial charge in [0, 0.05) is 11.6 Å². The van der Waals surface area contributed by atoms with Gasteiger partial charge in [0.05, 0.1) is 0 Å². The molecular weight excluding hydrogens is 284 g/mol. The summed E-state index contributed by atoms with van der Waals surface area (Å²) in [5.41, 5.74) is 4.38. The van der Waals surface area contributed by atoms with Crippen LogP contribution in [-0.4, -0.2) is 11.6 Å². The van der Waals surface area contributed by atoms with Crippen molar-refractivity contribution in [3.8, 4) is 0 Å². The molecule has 0 aromatic heterocycles. The van der Waals surface area contributed by atoms with Gasteiger partial charge in [-0.05, 0) is 80.5 Å². The summed E-state index contributed by atoms with van der Waals surface area (Å²) in [6, 6.07) is 0. The standard InChI is InChI=1S/C20H30N2O/c23-20(18-16-5-3-1-2-4-6-17(16)18)22-21-19-14-8-12-7-13(10-14)11-15(19)9-12/h12-18H,1-11H2,(H,22,23). The molecule has 6 fully saturated rings. The molecule has 3 heteroatoms. The molecule has 0 aromatic rings. The first-order valence-electron chi connectivity index (χ1n) is 10.2. The molecule has 23 heavy (non-hydrogen) atoms. The molecule has 1 N–H and O–H groups in total. The summed E-state index contributed by atoms with van der Waals surface area (Å²) in [4.78, 5) is 12.6. The molecule has 0 radical (unpaired) electrons. The van der Waals surface area contributed by atoms with E-state index in [1.807, 2.05) is 0 Å². The second-order valence-electron chi connectivity index (χ2n) is 9.16. The quantitative estimate of drug-likeness (QED) is 0.765. The molecule has 0 aromatic carbocycles. The van der Waals surface area contributed by atoms with E-state index in [0.29, 0.717) is 23.7 Å². The van der Waals surface area contributed by atoms with E-state index >= 15 is 0 Å². The number of fused-ring (bicyclic) bond motifs is 1. The fourth-order valence-electron chi connectivity index (χ4n) is 6.78. The maximum Gasteiger partial charge on any atom is 0.243 e. The van der Waals surface area contributed by atoms with Crippen LogP contribution in [0.25, 0.3) is 0 Å². The molecule has 0 aliphatic heterocycles. The Labute approximate surface area is 139 Å². The number of carbonyl (C=O) groups excluding carboxylic acids is 1. The molecule has 3 nitrogen and oxygen atoms in total. The van der Waals surface area contributed by atoms with Gasteiger partial charge in [0.2, 0.25) is 5.91 Å². The van der Waals surface area contributed by atoms with E-state index in [-0.39, 0.29) is 11.8 Å². The smallest absolute Gasteiger partial charge is 0.243 e. The van der Waals surface area contributed by atoms with Crippen molar-refractivity contribution in [1.29, 1.82) is 0 Å². The van der Waals surface area contributed by atoms with Crippen molar-refractivity contribution in [2.75, 3.05) is 0 Å². The fourth-order valence-corrected chi connectivity index (χ4v) is 6.78. The number of nitrogens with zero attached hydrogens (tertiary/aromatic N) is 1. The first-order chi connectivity index (χ1) is 11.3. The van der Waals surface area contributed by atoms with E-state index in [1.165, 1.54) is 76.3 Å². The fraction of sp³-hybridized carbons (Fsp3) is 0.900. The summed E-state index contributed by atoms with van der Waals surface area (Å²) in [6.07, 6.45) is 14.8. The number of amides is 1. The van der Waals surface area contributed by atoms with E-state index < -0.39 is 0 Å². The van der Waals surface area contributed by atoms with Gasteiger partial charge >= 0.3 is 0 Å². The van der Waals surface area contributed by atoms with Crippen LogP contribution in [0.2, 0.25) is 0 Å². The summed E-state index contributed by atoms with van der Waals surface area (Å²) >= 11 is 0. The maximum atomic E-state index is 12.6. The minimum Gasteiger partial charge on any atom is -0.273 e. The van der Waals surface area contributed by atoms with Gasteiger partial charge in [0.15, 0.2) is 0 Å². The van der Waals surface area contributed by atoms with Gasteiger partial charge in [-0.3, -0.25) is 4.79 Å². The minimum atomic E-state index is 0.239. The molecule has 126 valence electrons. The van der Waals surface area contributed by atoms with E-state index in [2.05, 4.69) is 5.43 Å². The summed E-state index contributed by atoms with van der Waals surface area (Å²) in [5, 5.41) is 4.71. The third kappa shape index (κ3) is 2.55. The van der Waals surface area contributed by atoms with Crippen molar-refractivity contribution in [2.24, 2.45) is 46.5 Å². The molecule has 6 aliphatic rings. The molecule has 4 bridgehead atoms. The van der Waals surface area contributed by atoms with Crippen molar-refractivity contribution in [3.63, 3.8) is 0 Å². The van der Waals surface area contributed by atoms with Crippen LogP contribution in [0.3, 0.4) is 0 Å². The molecule has 0 spiro atoms. The highest BCUT2D eigenvalue weighted by molar-refractivity contribution is 5.92. The normalized spacial score (nSPS) is 47.5. The van der Waals surface area contributed by atoms with Crippen LogP contribution in [0.1, 0.15) is 70.6 Å². The predicted octanol–water partition coefficient (Wildman–Crippen LogP) is 4.13. The lowest BCUT2D eigenvalue weighted by atomic mass is 9.55. The van der Waals surface area contributed by atoms with Gasteiger partial charge in [0.25, 0.3) is 0 Å². The Morgan fingerprint density at radius 3 is 1.96 bits per heavy atom. The summed E-state index contributed by atoms with van der Waals surface area (Å²) < 4.78 is 0. The highest BCUT2D eigenvalue weighted by Gasteiger charge is 2.53. The highest BCUT2D eigenvalue weighted by Crippen LogP contribution is 2.54. The van der Waals surface area contributed by atoms with E-state index in [9.17, 15) is 4.79 Å². The first kappa shape index (κ1) is 14.5. The molecular formula is C20H30N2O. The molecule has 0 saturated heterocycles. The third-order valence-electron chi connectivity index (χ3n) is 7.73. The van der Waals surface area contributed by atoms with Gasteiger partial charge in [-0.2, -0.15) is 5.10 Å². The van der Waals surface area contributed by atoms with Crippen LogP contribution in [0.15, 0.2) is 5.10 Å². The van der Waals surface area contributed by atoms with Crippen LogP contribution in [0.4, 0.5) is 0 Å². The van der Waals surface area contributed by atoms with Crippen LogP contribution in [0, 0.1) is 41.4 Å². The zero-order valence-corrected chi connectivity index (χ0v) is 14.2. The van der Waals surface area contributed by atoms with E-state index in [4.69, 9.17) is 5.10 Å². The minimum absolute atomic E-state index is 0.239. The Morgan fingerprint density at radius 1 is 0.826 bits per heavy atom. The largest absolute Gasteiger partial charge is 0.273 e. The average Bonchev–Trinajstić information content (AvgIpc) is 3.16. The lowest BCUT2D eigenvalue weighted by Gasteiger charge is -2.50. The second-order valence-corrected chi connectivity index (χ2v) is 9.16. The molecule has 2 unspecified atom stereocenters. The molecule has 2 atom stereocenters. The van der Waals surface area contributed by atoms with Crippen LogP contribution < -0.4 is 5.43 Å². The van der Waals surface area contributed by atoms with Gasteiger partial charge in [-0.15, -0.1) is 0 Å². The summed E-state index contributed by atoms with van der Waals surface area (Å²) in [7, 11) is 0. The van der Waals surface area contributed by atoms with Crippen molar-refractivity contribution >= 4 is 11.6 Å². The Morgan fingerprint density at radius 2 is 1.39 bits per heavy atom. The number of nitrogens with one attached hydrogen (secondary N) is 1. The zero-order chi connectivity index (χ0) is 15.4. The van der Waals surface area contributed by atoms with Crippen molar-refractivity contribution in [1.82, 2.24) is 5.43 Å². The molecule has 6 aliphatic carbocycles. The summed E-state index contributed by atoms with van der Waals surface area (Å²) in [5.74, 6) is 5.19. The maximum absolute atomic E-state index is 12.6. The molecule has 0 heterocycles. The number of hydrogen-bond donors (Lipinski definition) is 1. The van der Waals surface area contributed by atoms with Crippen LogP contribution in [-0.2, 0) is 4.79 Å². The topological polar surface area (TPSA) is 41.5 Å². The van der Waals surface area contributed by atoms with Crippen molar-refractivity contribution < 1.29 is 4.79 Å². The highest BCUT2D eigenvalue weighted by atomic mass is 16.2. The first-order valence-corrected chi connectivity index (χ1v) is 10.2. The molecule has 6 rings (SSSR count). The van der Waals surface area contributed by atoms with E-state index in [1.54, 1.807) is 0 Å². The second kappa shape index (κ2) is 5.60.